The van der Waals surface area contributed by atoms with E-state index in [2.05, 4.69) is 45.5 Å². The summed E-state index contributed by atoms with van der Waals surface area (Å²) in [5.74, 6) is 2.60. The SMILES string of the molecule is CN(C)C(=O)CN=C(NCC1CCCO1)N1CCC(CSc2ccccc2)C1.I. The van der Waals surface area contributed by atoms with Gasteiger partial charge in [0, 0.05) is 51.0 Å². The van der Waals surface area contributed by atoms with Crippen LogP contribution in [0.3, 0.4) is 0 Å². The van der Waals surface area contributed by atoms with E-state index >= 15 is 0 Å². The van der Waals surface area contributed by atoms with Gasteiger partial charge in [-0.25, -0.2) is 4.99 Å². The third-order valence-corrected chi connectivity index (χ3v) is 6.43. The highest BCUT2D eigenvalue weighted by molar-refractivity contribution is 14.0. The number of carbonyl (C=O) groups excluding carboxylic acids is 1. The minimum Gasteiger partial charge on any atom is -0.376 e. The molecule has 8 heteroatoms. The van der Waals surface area contributed by atoms with Crippen LogP contribution in [0.15, 0.2) is 40.2 Å². The second kappa shape index (κ2) is 12.6. The molecule has 0 aromatic heterocycles. The molecule has 0 bridgehead atoms. The molecule has 1 aromatic rings. The number of hydrogen-bond acceptors (Lipinski definition) is 4. The highest BCUT2D eigenvalue weighted by atomic mass is 127. The first-order valence-corrected chi connectivity index (χ1v) is 11.1. The molecule has 3 rings (SSSR count). The topological polar surface area (TPSA) is 57.2 Å². The van der Waals surface area contributed by atoms with Gasteiger partial charge in [0.2, 0.25) is 5.91 Å². The first-order valence-electron chi connectivity index (χ1n) is 10.1. The number of nitrogens with one attached hydrogen (secondary N) is 1. The fraction of sp³-hybridized carbons (Fsp3) is 0.619. The number of carbonyl (C=O) groups is 1. The highest BCUT2D eigenvalue weighted by Gasteiger charge is 2.26. The second-order valence-electron chi connectivity index (χ2n) is 7.67. The molecular weight excluding hydrogens is 499 g/mol. The Morgan fingerprint density at radius 2 is 2.10 bits per heavy atom. The van der Waals surface area contributed by atoms with Gasteiger partial charge in [-0.2, -0.15) is 0 Å². The number of likely N-dealkylation sites (tertiary alicyclic amines) is 1. The van der Waals surface area contributed by atoms with Crippen molar-refractivity contribution in [3.8, 4) is 0 Å². The Balaban J connectivity index is 0.00000300. The van der Waals surface area contributed by atoms with Crippen molar-refractivity contribution in [1.29, 1.82) is 0 Å². The number of aliphatic imine (C=N–C) groups is 1. The Morgan fingerprint density at radius 1 is 1.31 bits per heavy atom. The van der Waals surface area contributed by atoms with Crippen LogP contribution in [0, 0.1) is 5.92 Å². The molecule has 0 aliphatic carbocycles. The number of amides is 1. The first kappa shape index (κ1) is 24.3. The number of benzene rings is 1. The Labute approximate surface area is 195 Å². The summed E-state index contributed by atoms with van der Waals surface area (Å²) in [6, 6.07) is 10.6. The third-order valence-electron chi connectivity index (χ3n) is 5.19. The van der Waals surface area contributed by atoms with Crippen LogP contribution in [0.1, 0.15) is 19.3 Å². The molecule has 2 atom stereocenters. The van der Waals surface area contributed by atoms with Crippen LogP contribution < -0.4 is 5.32 Å². The maximum Gasteiger partial charge on any atom is 0.243 e. The number of halogens is 1. The zero-order valence-corrected chi connectivity index (χ0v) is 20.5. The zero-order valence-electron chi connectivity index (χ0n) is 17.4. The zero-order chi connectivity index (χ0) is 19.8. The molecule has 0 radical (unpaired) electrons. The van der Waals surface area contributed by atoms with Crippen molar-refractivity contribution in [2.45, 2.75) is 30.3 Å². The van der Waals surface area contributed by atoms with Crippen LogP contribution in [0.4, 0.5) is 0 Å². The minimum absolute atomic E-state index is 0. The van der Waals surface area contributed by atoms with Crippen LogP contribution in [-0.2, 0) is 9.53 Å². The second-order valence-corrected chi connectivity index (χ2v) is 8.76. The van der Waals surface area contributed by atoms with Crippen molar-refractivity contribution in [2.75, 3.05) is 52.6 Å². The van der Waals surface area contributed by atoms with Crippen molar-refractivity contribution in [2.24, 2.45) is 10.9 Å². The van der Waals surface area contributed by atoms with E-state index in [0.29, 0.717) is 5.92 Å². The summed E-state index contributed by atoms with van der Waals surface area (Å²) in [4.78, 5) is 21.8. The molecule has 1 amide bonds. The van der Waals surface area contributed by atoms with Crippen LogP contribution in [0.2, 0.25) is 0 Å². The van der Waals surface area contributed by atoms with E-state index in [9.17, 15) is 4.79 Å². The van der Waals surface area contributed by atoms with Crippen LogP contribution in [0.25, 0.3) is 0 Å². The van der Waals surface area contributed by atoms with E-state index in [1.165, 1.54) is 4.90 Å². The van der Waals surface area contributed by atoms with Crippen molar-refractivity contribution in [3.05, 3.63) is 30.3 Å². The molecule has 0 spiro atoms. The first-order chi connectivity index (χ1) is 13.6. The fourth-order valence-electron chi connectivity index (χ4n) is 3.45. The molecule has 29 heavy (non-hydrogen) atoms. The maximum atomic E-state index is 12.0. The van der Waals surface area contributed by atoms with Gasteiger partial charge in [0.1, 0.15) is 6.54 Å². The molecule has 2 unspecified atom stereocenters. The fourth-order valence-corrected chi connectivity index (χ4v) is 4.50. The lowest BCUT2D eigenvalue weighted by atomic mass is 10.2. The third kappa shape index (κ3) is 7.97. The molecule has 6 nitrogen and oxygen atoms in total. The lowest BCUT2D eigenvalue weighted by molar-refractivity contribution is -0.127. The number of likely N-dealkylation sites (N-methyl/N-ethyl adjacent to an activating group) is 1. The molecule has 1 aromatic carbocycles. The molecule has 162 valence electrons. The van der Waals surface area contributed by atoms with Gasteiger partial charge in [0.15, 0.2) is 5.96 Å². The van der Waals surface area contributed by atoms with E-state index in [1.54, 1.807) is 19.0 Å². The summed E-state index contributed by atoms with van der Waals surface area (Å²) < 4.78 is 5.72. The monoisotopic (exact) mass is 532 g/mol. The number of hydrogen-bond donors (Lipinski definition) is 1. The molecular formula is C21H33IN4O2S. The summed E-state index contributed by atoms with van der Waals surface area (Å²) in [7, 11) is 3.54. The molecule has 0 saturated carbocycles. The lowest BCUT2D eigenvalue weighted by Gasteiger charge is -2.23. The van der Waals surface area contributed by atoms with Crippen molar-refractivity contribution < 1.29 is 9.53 Å². The average molecular weight is 532 g/mol. The van der Waals surface area contributed by atoms with Crippen LogP contribution >= 0.6 is 35.7 Å². The van der Waals surface area contributed by atoms with Gasteiger partial charge in [-0.05, 0) is 37.3 Å². The number of thioether (sulfide) groups is 1. The van der Waals surface area contributed by atoms with E-state index in [0.717, 1.165) is 57.2 Å². The smallest absolute Gasteiger partial charge is 0.243 e. The molecule has 1 N–H and O–H groups in total. The van der Waals surface area contributed by atoms with Crippen molar-refractivity contribution in [1.82, 2.24) is 15.1 Å². The van der Waals surface area contributed by atoms with Gasteiger partial charge in [-0.1, -0.05) is 18.2 Å². The number of guanidine groups is 1. The van der Waals surface area contributed by atoms with E-state index in [4.69, 9.17) is 4.74 Å². The molecule has 2 saturated heterocycles. The predicted octanol–water partition coefficient (Wildman–Crippen LogP) is 2.93. The molecule has 2 heterocycles. The molecule has 2 aliphatic rings. The van der Waals surface area contributed by atoms with Gasteiger partial charge >= 0.3 is 0 Å². The number of ether oxygens (including phenoxy) is 1. The van der Waals surface area contributed by atoms with Gasteiger partial charge in [-0.15, -0.1) is 35.7 Å². The summed E-state index contributed by atoms with van der Waals surface area (Å²) in [6.07, 6.45) is 3.62. The van der Waals surface area contributed by atoms with Crippen LogP contribution in [-0.4, -0.2) is 80.4 Å². The van der Waals surface area contributed by atoms with E-state index in [1.807, 2.05) is 11.8 Å². The number of rotatable bonds is 7. The van der Waals surface area contributed by atoms with Gasteiger partial charge in [-0.3, -0.25) is 4.79 Å². The van der Waals surface area contributed by atoms with Gasteiger partial charge in [0.25, 0.3) is 0 Å². The van der Waals surface area contributed by atoms with Gasteiger partial charge in [0.05, 0.1) is 6.10 Å². The van der Waals surface area contributed by atoms with E-state index < -0.39 is 0 Å². The molecule has 2 aliphatic heterocycles. The molecule has 2 fully saturated rings. The lowest BCUT2D eigenvalue weighted by Crippen LogP contribution is -2.44. The van der Waals surface area contributed by atoms with Crippen molar-refractivity contribution >= 4 is 47.6 Å². The standard InChI is InChI=1S/C21H32N4O2S.HI/c1-24(2)20(26)14-23-21(22-13-18-7-6-12-27-18)25-11-10-17(15-25)16-28-19-8-4-3-5-9-19;/h3-5,8-9,17-18H,6-7,10-16H2,1-2H3,(H,22,23);1H. The Bertz CT molecular complexity index is 653. The Morgan fingerprint density at radius 3 is 2.79 bits per heavy atom. The van der Waals surface area contributed by atoms with Gasteiger partial charge < -0.3 is 19.9 Å². The maximum absolute atomic E-state index is 12.0. The average Bonchev–Trinajstić information content (AvgIpc) is 3.39. The summed E-state index contributed by atoms with van der Waals surface area (Å²) in [5.41, 5.74) is 0. The normalized spacial score (nSPS) is 21.7. The Kier molecular flexibility index (Phi) is 10.6. The quantitative estimate of drug-likeness (QED) is 0.253. The predicted molar refractivity (Wildman–Crippen MR) is 130 cm³/mol. The summed E-state index contributed by atoms with van der Waals surface area (Å²) in [6.45, 7) is 3.75. The largest absolute Gasteiger partial charge is 0.376 e. The van der Waals surface area contributed by atoms with Crippen molar-refractivity contribution in [3.63, 3.8) is 0 Å². The van der Waals surface area contributed by atoms with E-state index in [-0.39, 0.29) is 42.5 Å². The Hall–Kier alpha value is -1.000. The number of nitrogens with zero attached hydrogens (tertiary/aromatic N) is 3. The highest BCUT2D eigenvalue weighted by Crippen LogP contribution is 2.26. The summed E-state index contributed by atoms with van der Waals surface area (Å²) >= 11 is 1.92. The minimum atomic E-state index is 0. The van der Waals surface area contributed by atoms with Crippen LogP contribution in [0.5, 0.6) is 0 Å². The summed E-state index contributed by atoms with van der Waals surface area (Å²) in [5, 5.41) is 3.47.